The Balaban J connectivity index is 1.32. The van der Waals surface area contributed by atoms with E-state index < -0.39 is 23.2 Å². The van der Waals surface area contributed by atoms with Crippen LogP contribution >= 0.6 is 0 Å². The summed E-state index contributed by atoms with van der Waals surface area (Å²) in [5.41, 5.74) is 14.7. The summed E-state index contributed by atoms with van der Waals surface area (Å²) >= 11 is 0. The topological polar surface area (TPSA) is 164 Å². The Kier molecular flexibility index (Phi) is 6.64. The quantitative estimate of drug-likeness (QED) is 0.288. The van der Waals surface area contributed by atoms with Gasteiger partial charge in [0, 0.05) is 36.5 Å². The Hall–Kier alpha value is -5.52. The van der Waals surface area contributed by atoms with Crippen molar-refractivity contribution in [2.75, 3.05) is 18.8 Å². The summed E-state index contributed by atoms with van der Waals surface area (Å²) < 4.78 is 4.20. The average molecular weight is 605 g/mol. The fourth-order valence-corrected chi connectivity index (χ4v) is 6.26. The molecule has 4 heterocycles. The summed E-state index contributed by atoms with van der Waals surface area (Å²) in [5, 5.41) is 4.48. The highest BCUT2D eigenvalue weighted by Crippen LogP contribution is 2.39. The zero-order valence-corrected chi connectivity index (χ0v) is 24.9. The number of nitrogens with zero attached hydrogens (tertiary/aromatic N) is 6. The van der Waals surface area contributed by atoms with Crippen LogP contribution in [0.5, 0.6) is 0 Å². The van der Waals surface area contributed by atoms with E-state index >= 15 is 0 Å². The summed E-state index contributed by atoms with van der Waals surface area (Å²) in [6.45, 7) is 4.87. The van der Waals surface area contributed by atoms with Crippen LogP contribution in [-0.4, -0.2) is 53.5 Å². The first kappa shape index (κ1) is 28.3. The number of fused-ring (bicyclic) bond motifs is 1. The number of para-hydroxylation sites is 1. The predicted molar refractivity (Wildman–Crippen MR) is 169 cm³/mol. The molecule has 45 heavy (non-hydrogen) atoms. The molecular weight excluding hydrogens is 572 g/mol. The van der Waals surface area contributed by atoms with Gasteiger partial charge in [-0.3, -0.25) is 19.0 Å². The van der Waals surface area contributed by atoms with Gasteiger partial charge < -0.3 is 16.4 Å². The number of rotatable bonds is 7. The fraction of sp³-hybridized carbons (Fsp3) is 0.273. The number of nitrogens with two attached hydrogens (primary N) is 2. The standard InChI is InChI=1S/C33H32N8O4/c1-18(2)39-27(26(30(35)42)32(44)40(33(39)45)23-6-4-3-5-7-23)20-10-8-19(9-11-20)24-14-25(41-28(24)29(34)36-17-37-41)22-15-38(16-22)31(43)21-12-13-21/h3-11,14,17-18,21-22H,12-13,15-16H2,1-2H3,(H2,35,42)(H2,34,36,37). The minimum absolute atomic E-state index is 0.109. The van der Waals surface area contributed by atoms with E-state index in [2.05, 4.69) is 10.1 Å². The second-order valence-electron chi connectivity index (χ2n) is 12.0. The predicted octanol–water partition coefficient (Wildman–Crippen LogP) is 2.97. The van der Waals surface area contributed by atoms with Gasteiger partial charge in [-0.1, -0.05) is 42.5 Å². The second kappa shape index (κ2) is 10.6. The van der Waals surface area contributed by atoms with Crippen LogP contribution in [-0.2, 0) is 4.79 Å². The minimum Gasteiger partial charge on any atom is -0.382 e. The number of amides is 2. The number of aromatic nitrogens is 5. The molecule has 5 aromatic rings. The number of carbonyl (C=O) groups excluding carboxylic acids is 2. The first-order chi connectivity index (χ1) is 21.7. The number of benzene rings is 2. The van der Waals surface area contributed by atoms with Crippen molar-refractivity contribution in [2.45, 2.75) is 38.6 Å². The molecule has 1 saturated carbocycles. The van der Waals surface area contributed by atoms with Crippen molar-refractivity contribution in [2.24, 2.45) is 11.7 Å². The largest absolute Gasteiger partial charge is 0.382 e. The van der Waals surface area contributed by atoms with Crippen molar-refractivity contribution in [3.63, 3.8) is 0 Å². The van der Waals surface area contributed by atoms with Gasteiger partial charge in [0.25, 0.3) is 11.5 Å². The molecule has 0 spiro atoms. The number of carbonyl (C=O) groups is 2. The molecule has 0 bridgehead atoms. The van der Waals surface area contributed by atoms with Crippen LogP contribution < -0.4 is 22.7 Å². The Labute approximate surface area is 257 Å². The normalized spacial score (nSPS) is 15.0. The summed E-state index contributed by atoms with van der Waals surface area (Å²) in [6.07, 6.45) is 3.36. The van der Waals surface area contributed by atoms with Crippen molar-refractivity contribution in [3.8, 4) is 28.1 Å². The van der Waals surface area contributed by atoms with E-state index in [9.17, 15) is 19.2 Å². The van der Waals surface area contributed by atoms with Crippen molar-refractivity contribution >= 4 is 23.1 Å². The maximum atomic E-state index is 13.8. The van der Waals surface area contributed by atoms with Crippen molar-refractivity contribution < 1.29 is 9.59 Å². The molecule has 228 valence electrons. The highest BCUT2D eigenvalue weighted by Gasteiger charge is 2.41. The molecule has 7 rings (SSSR count). The van der Waals surface area contributed by atoms with E-state index in [0.717, 1.165) is 34.2 Å². The summed E-state index contributed by atoms with van der Waals surface area (Å²) in [7, 11) is 0. The molecule has 2 amide bonds. The third kappa shape index (κ3) is 4.60. The average Bonchev–Trinajstić information content (AvgIpc) is 3.78. The molecule has 1 aliphatic carbocycles. The molecule has 2 fully saturated rings. The molecular formula is C33H32N8O4. The highest BCUT2D eigenvalue weighted by atomic mass is 16.2. The van der Waals surface area contributed by atoms with Crippen molar-refractivity contribution in [1.29, 1.82) is 0 Å². The number of anilines is 1. The monoisotopic (exact) mass is 604 g/mol. The lowest BCUT2D eigenvalue weighted by Gasteiger charge is -2.39. The molecule has 1 saturated heterocycles. The second-order valence-corrected chi connectivity index (χ2v) is 12.0. The number of hydrogen-bond acceptors (Lipinski definition) is 7. The maximum Gasteiger partial charge on any atom is 0.336 e. The molecule has 0 radical (unpaired) electrons. The number of likely N-dealkylation sites (tertiary alicyclic amines) is 1. The molecule has 2 aromatic carbocycles. The lowest BCUT2D eigenvalue weighted by molar-refractivity contribution is -0.137. The van der Waals surface area contributed by atoms with Crippen LogP contribution in [0.25, 0.3) is 33.6 Å². The fourth-order valence-electron chi connectivity index (χ4n) is 6.26. The minimum atomic E-state index is -0.930. The van der Waals surface area contributed by atoms with E-state index in [1.807, 2.05) is 23.1 Å². The zero-order chi connectivity index (χ0) is 31.6. The van der Waals surface area contributed by atoms with Crippen LogP contribution in [0.2, 0.25) is 0 Å². The van der Waals surface area contributed by atoms with E-state index in [1.54, 1.807) is 60.8 Å². The maximum absolute atomic E-state index is 13.8. The molecule has 0 unspecified atom stereocenters. The first-order valence-electron chi connectivity index (χ1n) is 14.9. The van der Waals surface area contributed by atoms with Crippen LogP contribution in [0.3, 0.4) is 0 Å². The lowest BCUT2D eigenvalue weighted by Crippen LogP contribution is -2.49. The number of nitrogen functional groups attached to an aromatic ring is 1. The third-order valence-corrected chi connectivity index (χ3v) is 8.69. The van der Waals surface area contributed by atoms with Crippen molar-refractivity contribution in [3.05, 3.63) is 99.1 Å². The Morgan fingerprint density at radius 3 is 2.24 bits per heavy atom. The van der Waals surface area contributed by atoms with Gasteiger partial charge in [-0.05, 0) is 56.0 Å². The molecule has 1 aliphatic heterocycles. The van der Waals surface area contributed by atoms with Gasteiger partial charge in [0.2, 0.25) is 5.91 Å². The molecule has 0 atom stereocenters. The molecule has 12 nitrogen and oxygen atoms in total. The Morgan fingerprint density at radius 1 is 0.956 bits per heavy atom. The van der Waals surface area contributed by atoms with Gasteiger partial charge in [0.05, 0.1) is 17.1 Å². The van der Waals surface area contributed by atoms with Crippen LogP contribution in [0, 0.1) is 5.92 Å². The van der Waals surface area contributed by atoms with Gasteiger partial charge >= 0.3 is 5.69 Å². The molecule has 3 aromatic heterocycles. The van der Waals surface area contributed by atoms with Crippen molar-refractivity contribution in [1.82, 2.24) is 28.6 Å². The third-order valence-electron chi connectivity index (χ3n) is 8.69. The van der Waals surface area contributed by atoms with E-state index in [0.29, 0.717) is 35.7 Å². The molecule has 4 N–H and O–H groups in total. The van der Waals surface area contributed by atoms with Gasteiger partial charge in [0.1, 0.15) is 17.4 Å². The van der Waals surface area contributed by atoms with Gasteiger partial charge in [0.15, 0.2) is 5.82 Å². The van der Waals surface area contributed by atoms with E-state index in [4.69, 9.17) is 11.5 Å². The van der Waals surface area contributed by atoms with Gasteiger partial charge in [-0.2, -0.15) is 5.10 Å². The number of primary amides is 1. The number of hydrogen-bond donors (Lipinski definition) is 2. The molecule has 2 aliphatic rings. The Bertz CT molecular complexity index is 2100. The lowest BCUT2D eigenvalue weighted by atomic mass is 9.94. The molecule has 12 heteroatoms. The van der Waals surface area contributed by atoms with Crippen LogP contribution in [0.1, 0.15) is 54.7 Å². The van der Waals surface area contributed by atoms with Gasteiger partial charge in [-0.15, -0.1) is 0 Å². The summed E-state index contributed by atoms with van der Waals surface area (Å²) in [6, 6.07) is 17.3. The highest BCUT2D eigenvalue weighted by molar-refractivity contribution is 5.99. The first-order valence-corrected chi connectivity index (χ1v) is 14.9. The van der Waals surface area contributed by atoms with E-state index in [-0.39, 0.29) is 29.0 Å². The van der Waals surface area contributed by atoms with E-state index in [1.165, 1.54) is 10.9 Å². The SMILES string of the molecule is CC(C)n1c(-c2ccc(-c3cc(C4CN(C(=O)C5CC5)C4)n4ncnc(N)c34)cc2)c(C(N)=O)c(=O)n(-c2ccccc2)c1=O. The smallest absolute Gasteiger partial charge is 0.336 e. The zero-order valence-electron chi connectivity index (χ0n) is 24.9. The summed E-state index contributed by atoms with van der Waals surface area (Å²) in [5.74, 6) is -0.105. The van der Waals surface area contributed by atoms with Crippen LogP contribution in [0.15, 0.2) is 76.6 Å². The Morgan fingerprint density at radius 2 is 1.62 bits per heavy atom. The van der Waals surface area contributed by atoms with Gasteiger partial charge in [-0.25, -0.2) is 18.9 Å². The summed E-state index contributed by atoms with van der Waals surface area (Å²) in [4.78, 5) is 58.9. The van der Waals surface area contributed by atoms with Crippen LogP contribution in [0.4, 0.5) is 5.82 Å².